The van der Waals surface area contributed by atoms with E-state index in [4.69, 9.17) is 23.2 Å². The van der Waals surface area contributed by atoms with Crippen molar-refractivity contribution in [1.29, 1.82) is 0 Å². The highest BCUT2D eigenvalue weighted by Gasteiger charge is 2.36. The standard InChI is InChI=1S/C26H24Cl2O5S2/c1-2-34(30,31)21-7-3-17(4-8-21)13-20(29)14-18-15-24(27)26(25(28)16-18)19-5-9-22(10-6-19)35(32,33)23-11-12-23/h3-10,15-16,23H,2,11-14H2,1H3. The second-order valence-corrected chi connectivity index (χ2v) is 14.0. The van der Waals surface area contributed by atoms with Gasteiger partial charge in [0, 0.05) is 18.4 Å². The number of hydrogen-bond acceptors (Lipinski definition) is 5. The summed E-state index contributed by atoms with van der Waals surface area (Å²) >= 11 is 13.0. The molecule has 1 fully saturated rings. The van der Waals surface area contributed by atoms with E-state index in [-0.39, 0.29) is 34.5 Å². The summed E-state index contributed by atoms with van der Waals surface area (Å²) in [4.78, 5) is 13.2. The summed E-state index contributed by atoms with van der Waals surface area (Å²) in [5.41, 5.74) is 2.65. The lowest BCUT2D eigenvalue weighted by molar-refractivity contribution is -0.117. The van der Waals surface area contributed by atoms with Crippen LogP contribution >= 0.6 is 23.2 Å². The van der Waals surface area contributed by atoms with E-state index in [1.165, 1.54) is 12.1 Å². The quantitative estimate of drug-likeness (QED) is 0.338. The molecule has 3 aromatic rings. The number of halogens is 2. The Bertz CT molecular complexity index is 1450. The van der Waals surface area contributed by atoms with Gasteiger partial charge >= 0.3 is 0 Å². The molecule has 0 atom stereocenters. The molecule has 184 valence electrons. The van der Waals surface area contributed by atoms with Crippen molar-refractivity contribution in [3.8, 4) is 11.1 Å². The van der Waals surface area contributed by atoms with Crippen molar-refractivity contribution in [2.24, 2.45) is 0 Å². The van der Waals surface area contributed by atoms with E-state index >= 15 is 0 Å². The highest BCUT2D eigenvalue weighted by molar-refractivity contribution is 7.92. The van der Waals surface area contributed by atoms with Gasteiger partial charge < -0.3 is 0 Å². The topological polar surface area (TPSA) is 85.3 Å². The molecular weight excluding hydrogens is 527 g/mol. The second kappa shape index (κ2) is 10.1. The summed E-state index contributed by atoms with van der Waals surface area (Å²) in [7, 11) is -6.56. The van der Waals surface area contributed by atoms with Gasteiger partial charge in [-0.2, -0.15) is 0 Å². The normalized spacial score (nSPS) is 14.1. The third-order valence-electron chi connectivity index (χ3n) is 6.00. The van der Waals surface area contributed by atoms with Crippen LogP contribution in [0.25, 0.3) is 11.1 Å². The highest BCUT2D eigenvalue weighted by atomic mass is 35.5. The van der Waals surface area contributed by atoms with Gasteiger partial charge in [-0.3, -0.25) is 4.79 Å². The minimum atomic E-state index is -3.28. The van der Waals surface area contributed by atoms with Gasteiger partial charge in [-0.05, 0) is 65.9 Å². The van der Waals surface area contributed by atoms with E-state index in [0.29, 0.717) is 44.5 Å². The summed E-state index contributed by atoms with van der Waals surface area (Å²) in [5.74, 6) is -0.0439. The van der Waals surface area contributed by atoms with Crippen LogP contribution in [-0.2, 0) is 37.3 Å². The zero-order valence-corrected chi connectivity index (χ0v) is 22.1. The van der Waals surface area contributed by atoms with E-state index in [2.05, 4.69) is 0 Å². The predicted octanol–water partition coefficient (Wildman–Crippen LogP) is 5.74. The number of carbonyl (C=O) groups is 1. The Morgan fingerprint density at radius 2 is 1.31 bits per heavy atom. The molecule has 35 heavy (non-hydrogen) atoms. The minimum Gasteiger partial charge on any atom is -0.299 e. The number of sulfone groups is 2. The number of Topliss-reactive ketones (excluding diaryl/α,β-unsaturated/α-hetero) is 1. The Morgan fingerprint density at radius 3 is 1.83 bits per heavy atom. The Balaban J connectivity index is 1.47. The van der Waals surface area contributed by atoms with Crippen molar-refractivity contribution in [3.63, 3.8) is 0 Å². The van der Waals surface area contributed by atoms with E-state index in [9.17, 15) is 21.6 Å². The van der Waals surface area contributed by atoms with Gasteiger partial charge in [0.2, 0.25) is 0 Å². The van der Waals surface area contributed by atoms with Crippen LogP contribution < -0.4 is 0 Å². The summed E-state index contributed by atoms with van der Waals surface area (Å²) in [6.45, 7) is 1.59. The second-order valence-electron chi connectivity index (χ2n) is 8.64. The Morgan fingerprint density at radius 1 is 0.800 bits per heavy atom. The monoisotopic (exact) mass is 550 g/mol. The maximum Gasteiger partial charge on any atom is 0.181 e. The van der Waals surface area contributed by atoms with Crippen LogP contribution in [0.15, 0.2) is 70.5 Å². The number of hydrogen-bond donors (Lipinski definition) is 0. The highest BCUT2D eigenvalue weighted by Crippen LogP contribution is 2.38. The van der Waals surface area contributed by atoms with Gasteiger partial charge in [0.1, 0.15) is 5.78 Å². The Labute approximate surface area is 215 Å². The maximum atomic E-state index is 12.6. The fraction of sp³-hybridized carbons (Fsp3) is 0.269. The van der Waals surface area contributed by atoms with Crippen molar-refractivity contribution < 1.29 is 21.6 Å². The SMILES string of the molecule is CCS(=O)(=O)c1ccc(CC(=O)Cc2cc(Cl)c(-c3ccc(S(=O)(=O)C4CC4)cc3)c(Cl)c2)cc1. The molecule has 0 radical (unpaired) electrons. The van der Waals surface area contributed by atoms with Gasteiger partial charge in [-0.25, -0.2) is 16.8 Å². The van der Waals surface area contributed by atoms with Crippen LogP contribution in [0.3, 0.4) is 0 Å². The predicted molar refractivity (Wildman–Crippen MR) is 139 cm³/mol. The molecule has 0 saturated heterocycles. The van der Waals surface area contributed by atoms with Crippen LogP contribution in [0.4, 0.5) is 0 Å². The molecule has 0 N–H and O–H groups in total. The van der Waals surface area contributed by atoms with Crippen LogP contribution in [0, 0.1) is 0 Å². The molecule has 0 aliphatic heterocycles. The van der Waals surface area contributed by atoms with Crippen molar-refractivity contribution in [2.45, 2.75) is 47.6 Å². The molecule has 0 aromatic heterocycles. The summed E-state index contributed by atoms with van der Waals surface area (Å²) in [6.07, 6.45) is 1.68. The number of ketones is 1. The van der Waals surface area contributed by atoms with Gasteiger partial charge in [0.25, 0.3) is 0 Å². The summed E-state index contributed by atoms with van der Waals surface area (Å²) in [5, 5.41) is 0.458. The average Bonchev–Trinajstić information content (AvgIpc) is 3.65. The lowest BCUT2D eigenvalue weighted by atomic mass is 9.99. The third kappa shape index (κ3) is 5.80. The molecule has 0 heterocycles. The van der Waals surface area contributed by atoms with Crippen LogP contribution in [-0.4, -0.2) is 33.6 Å². The first-order valence-electron chi connectivity index (χ1n) is 11.2. The van der Waals surface area contributed by atoms with Crippen molar-refractivity contribution >= 4 is 48.7 Å². The van der Waals surface area contributed by atoms with Gasteiger partial charge in [0.15, 0.2) is 19.7 Å². The van der Waals surface area contributed by atoms with Crippen LogP contribution in [0.1, 0.15) is 30.9 Å². The van der Waals surface area contributed by atoms with Crippen molar-refractivity contribution in [1.82, 2.24) is 0 Å². The molecule has 1 aliphatic rings. The lowest BCUT2D eigenvalue weighted by Gasteiger charge is -2.11. The number of benzene rings is 3. The molecule has 5 nitrogen and oxygen atoms in total. The molecule has 0 unspecified atom stereocenters. The van der Waals surface area contributed by atoms with E-state index in [1.807, 2.05) is 0 Å². The van der Waals surface area contributed by atoms with E-state index < -0.39 is 19.7 Å². The molecule has 9 heteroatoms. The van der Waals surface area contributed by atoms with Crippen molar-refractivity contribution in [3.05, 3.63) is 81.8 Å². The number of carbonyl (C=O) groups excluding carboxylic acids is 1. The zero-order valence-electron chi connectivity index (χ0n) is 19.0. The Hall–Kier alpha value is -2.19. The summed E-state index contributed by atoms with van der Waals surface area (Å²) < 4.78 is 48.7. The molecular formula is C26H24Cl2O5S2. The minimum absolute atomic E-state index is 0.0203. The third-order valence-corrected chi connectivity index (χ3v) is 10.6. The van der Waals surface area contributed by atoms with Gasteiger partial charge in [0.05, 0.1) is 30.8 Å². The fourth-order valence-electron chi connectivity index (χ4n) is 3.88. The van der Waals surface area contributed by atoms with Crippen LogP contribution in [0.2, 0.25) is 10.0 Å². The smallest absolute Gasteiger partial charge is 0.181 e. The molecule has 3 aromatic carbocycles. The molecule has 0 amide bonds. The summed E-state index contributed by atoms with van der Waals surface area (Å²) in [6, 6.07) is 16.2. The zero-order chi connectivity index (χ0) is 25.4. The lowest BCUT2D eigenvalue weighted by Crippen LogP contribution is -2.08. The molecule has 1 aliphatic carbocycles. The molecule has 0 bridgehead atoms. The average molecular weight is 552 g/mol. The first-order valence-corrected chi connectivity index (χ1v) is 15.1. The molecule has 0 spiro atoms. The van der Waals surface area contributed by atoms with Gasteiger partial charge in [-0.15, -0.1) is 0 Å². The van der Waals surface area contributed by atoms with E-state index in [1.54, 1.807) is 55.5 Å². The molecule has 4 rings (SSSR count). The number of rotatable bonds is 9. The van der Waals surface area contributed by atoms with E-state index in [0.717, 1.165) is 5.56 Å². The van der Waals surface area contributed by atoms with Crippen LogP contribution in [0.5, 0.6) is 0 Å². The first-order chi connectivity index (χ1) is 16.5. The Kier molecular flexibility index (Phi) is 7.44. The fourth-order valence-corrected chi connectivity index (χ4v) is 7.18. The largest absolute Gasteiger partial charge is 0.299 e. The maximum absolute atomic E-state index is 12.6. The molecule has 1 saturated carbocycles. The van der Waals surface area contributed by atoms with Gasteiger partial charge in [-0.1, -0.05) is 54.4 Å². The van der Waals surface area contributed by atoms with Crippen molar-refractivity contribution in [2.75, 3.05) is 5.75 Å². The first kappa shape index (κ1) is 25.9.